The number of hydrogen-bond donors (Lipinski definition) is 1. The van der Waals surface area contributed by atoms with Gasteiger partial charge in [0.1, 0.15) is 12.0 Å². The number of hydrogen-bond acceptors (Lipinski definition) is 3. The Morgan fingerprint density at radius 2 is 1.20 bits per heavy atom. The van der Waals surface area contributed by atoms with Gasteiger partial charge in [-0.3, -0.25) is 0 Å². The minimum absolute atomic E-state index is 0.233. The summed E-state index contributed by atoms with van der Waals surface area (Å²) < 4.78 is 2.42. The highest BCUT2D eigenvalue weighted by atomic mass is 15.2. The molecular weight excluding hydrogens is 548 g/mol. The van der Waals surface area contributed by atoms with Crippen molar-refractivity contribution in [2.24, 2.45) is 9.98 Å². The fraction of sp³-hybridized carbons (Fsp3) is 0.0244. The van der Waals surface area contributed by atoms with Gasteiger partial charge in [-0.2, -0.15) is 0 Å². The smallest absolute Gasteiger partial charge is 0.159 e. The average Bonchev–Trinajstić information content (AvgIpc) is 3.43. The van der Waals surface area contributed by atoms with E-state index in [1.54, 1.807) is 0 Å². The van der Waals surface area contributed by atoms with Crippen LogP contribution in [0.15, 0.2) is 168 Å². The van der Waals surface area contributed by atoms with Crippen molar-refractivity contribution in [1.29, 1.82) is 0 Å². The van der Waals surface area contributed by atoms with Gasteiger partial charge < -0.3 is 9.88 Å². The van der Waals surface area contributed by atoms with Gasteiger partial charge in [-0.1, -0.05) is 127 Å². The van der Waals surface area contributed by atoms with Gasteiger partial charge >= 0.3 is 0 Å². The van der Waals surface area contributed by atoms with Crippen LogP contribution in [-0.4, -0.2) is 16.2 Å². The number of amidine groups is 2. The van der Waals surface area contributed by atoms with Gasteiger partial charge in [0.2, 0.25) is 0 Å². The Bertz CT molecular complexity index is 2450. The third kappa shape index (κ3) is 4.30. The molecule has 0 fully saturated rings. The second kappa shape index (κ2) is 10.3. The number of aliphatic imine (C=N–C) groups is 2. The SMILES string of the molecule is c1ccc(C2=NC(c3ccccc3)NC(c3ccc4c(-n5c6ccccc6c6cc7ccccc7cc65)cccc4c3)=N2)cc1. The molecule has 0 spiro atoms. The third-order valence-corrected chi connectivity index (χ3v) is 8.80. The molecule has 1 atom stereocenters. The molecule has 0 amide bonds. The highest BCUT2D eigenvalue weighted by molar-refractivity contribution is 6.16. The molecule has 1 unspecified atom stereocenters. The minimum Gasteiger partial charge on any atom is -0.344 e. The van der Waals surface area contributed by atoms with E-state index in [4.69, 9.17) is 9.98 Å². The second-order valence-corrected chi connectivity index (χ2v) is 11.5. The van der Waals surface area contributed by atoms with Crippen LogP contribution in [0, 0.1) is 0 Å². The first kappa shape index (κ1) is 25.5. The zero-order valence-corrected chi connectivity index (χ0v) is 24.4. The van der Waals surface area contributed by atoms with Crippen LogP contribution >= 0.6 is 0 Å². The number of nitrogens with zero attached hydrogens (tertiary/aromatic N) is 3. The standard InChI is InChI=1S/C41H28N4/c1-3-12-27(13-4-1)39-42-40(28-14-5-2-6-15-28)44-41(43-39)32-22-23-33-31(24-32)18-11-21-36(33)45-37-20-10-9-19-34(37)35-25-29-16-7-8-17-30(29)26-38(35)45/h1-26,39H,(H,42,43,44). The number of rotatable bonds is 4. The molecule has 9 rings (SSSR count). The van der Waals surface area contributed by atoms with Crippen molar-refractivity contribution in [1.82, 2.24) is 9.88 Å². The zero-order valence-electron chi connectivity index (χ0n) is 24.4. The van der Waals surface area contributed by atoms with Crippen LogP contribution in [0.4, 0.5) is 0 Å². The molecule has 0 saturated carbocycles. The van der Waals surface area contributed by atoms with E-state index in [1.807, 2.05) is 24.3 Å². The second-order valence-electron chi connectivity index (χ2n) is 11.5. The van der Waals surface area contributed by atoms with E-state index in [0.717, 1.165) is 39.4 Å². The number of benzene rings is 7. The van der Waals surface area contributed by atoms with Gasteiger partial charge in [-0.25, -0.2) is 9.98 Å². The van der Waals surface area contributed by atoms with Crippen molar-refractivity contribution in [3.05, 3.63) is 174 Å². The van der Waals surface area contributed by atoms with Crippen molar-refractivity contribution in [3.63, 3.8) is 0 Å². The molecule has 45 heavy (non-hydrogen) atoms. The first-order valence-electron chi connectivity index (χ1n) is 15.3. The largest absolute Gasteiger partial charge is 0.344 e. The van der Waals surface area contributed by atoms with Crippen molar-refractivity contribution in [3.8, 4) is 5.69 Å². The van der Waals surface area contributed by atoms with Gasteiger partial charge in [0.05, 0.1) is 16.7 Å². The van der Waals surface area contributed by atoms with Gasteiger partial charge in [-0.05, 0) is 52.1 Å². The van der Waals surface area contributed by atoms with Crippen LogP contribution in [0.2, 0.25) is 0 Å². The summed E-state index contributed by atoms with van der Waals surface area (Å²) in [6, 6.07) is 55.7. The quantitative estimate of drug-likeness (QED) is 0.223. The van der Waals surface area contributed by atoms with Crippen LogP contribution in [0.3, 0.4) is 0 Å². The normalized spacial score (nSPS) is 14.9. The molecular formula is C41H28N4. The van der Waals surface area contributed by atoms with E-state index in [2.05, 4.69) is 143 Å². The van der Waals surface area contributed by atoms with Crippen LogP contribution < -0.4 is 5.32 Å². The molecule has 8 aromatic rings. The summed E-state index contributed by atoms with van der Waals surface area (Å²) in [7, 11) is 0. The highest BCUT2D eigenvalue weighted by Crippen LogP contribution is 2.37. The lowest BCUT2D eigenvalue weighted by atomic mass is 10.0. The summed E-state index contributed by atoms with van der Waals surface area (Å²) in [5.41, 5.74) is 6.69. The maximum Gasteiger partial charge on any atom is 0.159 e. The van der Waals surface area contributed by atoms with E-state index in [1.165, 1.54) is 38.0 Å². The molecule has 7 aromatic carbocycles. The van der Waals surface area contributed by atoms with Gasteiger partial charge in [0.15, 0.2) is 5.84 Å². The maximum atomic E-state index is 5.04. The molecule has 1 aromatic heterocycles. The van der Waals surface area contributed by atoms with Crippen LogP contribution in [-0.2, 0) is 0 Å². The fourth-order valence-corrected chi connectivity index (χ4v) is 6.64. The number of nitrogens with one attached hydrogen (secondary N) is 1. The predicted octanol–water partition coefficient (Wildman–Crippen LogP) is 9.59. The summed E-state index contributed by atoms with van der Waals surface area (Å²) in [4.78, 5) is 10.0. The number of para-hydroxylation sites is 1. The molecule has 0 radical (unpaired) electrons. The zero-order chi connectivity index (χ0) is 29.7. The Labute approximate surface area is 260 Å². The van der Waals surface area contributed by atoms with Crippen LogP contribution in [0.25, 0.3) is 49.0 Å². The monoisotopic (exact) mass is 576 g/mol. The predicted molar refractivity (Wildman–Crippen MR) is 188 cm³/mol. The first-order chi connectivity index (χ1) is 22.3. The van der Waals surface area contributed by atoms with E-state index >= 15 is 0 Å². The van der Waals surface area contributed by atoms with Crippen LogP contribution in [0.5, 0.6) is 0 Å². The maximum absolute atomic E-state index is 5.04. The average molecular weight is 577 g/mol. The molecule has 1 aliphatic heterocycles. The van der Waals surface area contributed by atoms with Gasteiger partial charge in [0.25, 0.3) is 0 Å². The molecule has 212 valence electrons. The topological polar surface area (TPSA) is 41.7 Å². The molecule has 0 aliphatic carbocycles. The molecule has 2 heterocycles. The van der Waals surface area contributed by atoms with E-state index < -0.39 is 0 Å². The van der Waals surface area contributed by atoms with E-state index in [-0.39, 0.29) is 6.17 Å². The fourth-order valence-electron chi connectivity index (χ4n) is 6.64. The number of fused-ring (bicyclic) bond motifs is 5. The molecule has 1 N–H and O–H groups in total. The molecule has 1 aliphatic rings. The lowest BCUT2D eigenvalue weighted by Gasteiger charge is -2.24. The summed E-state index contributed by atoms with van der Waals surface area (Å²) in [6.45, 7) is 0. The van der Waals surface area contributed by atoms with Gasteiger partial charge in [-0.15, -0.1) is 0 Å². The Kier molecular flexibility index (Phi) is 5.85. The molecule has 4 nitrogen and oxygen atoms in total. The molecule has 0 bridgehead atoms. The highest BCUT2D eigenvalue weighted by Gasteiger charge is 2.21. The van der Waals surface area contributed by atoms with Crippen molar-refractivity contribution in [2.75, 3.05) is 0 Å². The summed E-state index contributed by atoms with van der Waals surface area (Å²) in [5.74, 6) is 1.54. The van der Waals surface area contributed by atoms with E-state index in [9.17, 15) is 0 Å². The van der Waals surface area contributed by atoms with Crippen molar-refractivity contribution in [2.45, 2.75) is 6.17 Å². The Morgan fingerprint density at radius 3 is 2.04 bits per heavy atom. The van der Waals surface area contributed by atoms with Crippen molar-refractivity contribution >= 4 is 55.0 Å². The first-order valence-corrected chi connectivity index (χ1v) is 15.3. The lowest BCUT2D eigenvalue weighted by Crippen LogP contribution is -2.33. The van der Waals surface area contributed by atoms with Crippen molar-refractivity contribution < 1.29 is 0 Å². The number of aromatic nitrogens is 1. The summed E-state index contributed by atoms with van der Waals surface area (Å²) in [5, 5.41) is 11.0. The summed E-state index contributed by atoms with van der Waals surface area (Å²) >= 11 is 0. The van der Waals surface area contributed by atoms with Gasteiger partial charge in [0, 0.05) is 27.3 Å². The Hall–Kier alpha value is -6.00. The Balaban J connectivity index is 1.21. The van der Waals surface area contributed by atoms with E-state index in [0.29, 0.717) is 0 Å². The lowest BCUT2D eigenvalue weighted by molar-refractivity contribution is 0.674. The molecule has 0 saturated heterocycles. The van der Waals surface area contributed by atoms with Crippen LogP contribution in [0.1, 0.15) is 22.9 Å². The molecule has 4 heteroatoms. The minimum atomic E-state index is -0.233. The third-order valence-electron chi connectivity index (χ3n) is 8.80. The Morgan fingerprint density at radius 1 is 0.489 bits per heavy atom. The summed E-state index contributed by atoms with van der Waals surface area (Å²) in [6.07, 6.45) is -0.233.